The standard InChI is InChI=1S/C12H17N3OS/c13-12(14)11-7-9(1-4-15-11)8-17-10-2-5-16-6-3-10/h1,4,7,10H,2-3,5-6,8H2,(H3,13,14). The third-order valence-corrected chi connectivity index (χ3v) is 4.20. The van der Waals surface area contributed by atoms with Crippen LogP contribution in [0, 0.1) is 5.41 Å². The first-order chi connectivity index (χ1) is 8.25. The van der Waals surface area contributed by atoms with E-state index in [4.69, 9.17) is 15.9 Å². The normalized spacial score (nSPS) is 16.9. The van der Waals surface area contributed by atoms with Crippen LogP contribution in [0.3, 0.4) is 0 Å². The average molecular weight is 251 g/mol. The van der Waals surface area contributed by atoms with Crippen LogP contribution in [-0.2, 0) is 10.5 Å². The van der Waals surface area contributed by atoms with E-state index in [2.05, 4.69) is 4.98 Å². The van der Waals surface area contributed by atoms with E-state index in [1.54, 1.807) is 6.20 Å². The number of pyridine rings is 1. The van der Waals surface area contributed by atoms with Crippen molar-refractivity contribution in [3.8, 4) is 0 Å². The molecule has 0 aromatic carbocycles. The van der Waals surface area contributed by atoms with E-state index in [1.165, 1.54) is 5.56 Å². The third kappa shape index (κ3) is 3.71. The molecule has 0 saturated carbocycles. The Kier molecular flexibility index (Phi) is 4.39. The highest BCUT2D eigenvalue weighted by atomic mass is 32.2. The summed E-state index contributed by atoms with van der Waals surface area (Å²) in [6, 6.07) is 3.88. The van der Waals surface area contributed by atoms with Gasteiger partial charge in [-0.3, -0.25) is 10.4 Å². The van der Waals surface area contributed by atoms with Crippen LogP contribution in [0.25, 0.3) is 0 Å². The van der Waals surface area contributed by atoms with Crippen molar-refractivity contribution in [2.45, 2.75) is 23.8 Å². The molecule has 92 valence electrons. The monoisotopic (exact) mass is 251 g/mol. The van der Waals surface area contributed by atoms with Crippen molar-refractivity contribution >= 4 is 17.6 Å². The molecule has 0 radical (unpaired) electrons. The minimum atomic E-state index is 0.0305. The molecular weight excluding hydrogens is 234 g/mol. The molecular formula is C12H17N3OS. The molecule has 2 rings (SSSR count). The topological polar surface area (TPSA) is 72.0 Å². The molecule has 5 heteroatoms. The number of rotatable bonds is 4. The minimum Gasteiger partial charge on any atom is -0.382 e. The molecule has 1 fully saturated rings. The summed E-state index contributed by atoms with van der Waals surface area (Å²) in [6.45, 7) is 1.76. The van der Waals surface area contributed by atoms with Crippen LogP contribution in [0.2, 0.25) is 0 Å². The fourth-order valence-corrected chi connectivity index (χ4v) is 2.90. The second-order valence-electron chi connectivity index (χ2n) is 4.09. The molecule has 2 heterocycles. The van der Waals surface area contributed by atoms with Crippen molar-refractivity contribution < 1.29 is 4.74 Å². The predicted molar refractivity (Wildman–Crippen MR) is 70.4 cm³/mol. The fourth-order valence-electron chi connectivity index (χ4n) is 1.77. The van der Waals surface area contributed by atoms with Crippen LogP contribution in [0.15, 0.2) is 18.3 Å². The van der Waals surface area contributed by atoms with Gasteiger partial charge in [0.25, 0.3) is 0 Å². The molecule has 0 spiro atoms. The molecule has 1 aromatic heterocycles. The number of ether oxygens (including phenoxy) is 1. The van der Waals surface area contributed by atoms with Crippen molar-refractivity contribution in [3.05, 3.63) is 29.6 Å². The highest BCUT2D eigenvalue weighted by Gasteiger charge is 2.14. The highest BCUT2D eigenvalue weighted by molar-refractivity contribution is 7.99. The van der Waals surface area contributed by atoms with Crippen molar-refractivity contribution in [2.24, 2.45) is 5.73 Å². The first kappa shape index (κ1) is 12.4. The van der Waals surface area contributed by atoms with Crippen LogP contribution in [0.1, 0.15) is 24.1 Å². The number of nitrogens with zero attached hydrogens (tertiary/aromatic N) is 1. The van der Waals surface area contributed by atoms with Gasteiger partial charge in [-0.1, -0.05) is 0 Å². The molecule has 0 amide bonds. The molecule has 1 saturated heterocycles. The summed E-state index contributed by atoms with van der Waals surface area (Å²) < 4.78 is 5.33. The van der Waals surface area contributed by atoms with Crippen LogP contribution in [0.5, 0.6) is 0 Å². The number of thioether (sulfide) groups is 1. The number of hydrogen-bond acceptors (Lipinski definition) is 4. The van der Waals surface area contributed by atoms with E-state index in [-0.39, 0.29) is 5.84 Å². The second-order valence-corrected chi connectivity index (χ2v) is 5.37. The summed E-state index contributed by atoms with van der Waals surface area (Å²) in [6.07, 6.45) is 3.99. The molecule has 1 aromatic rings. The molecule has 17 heavy (non-hydrogen) atoms. The zero-order valence-electron chi connectivity index (χ0n) is 9.69. The lowest BCUT2D eigenvalue weighted by atomic mass is 10.2. The predicted octanol–water partition coefficient (Wildman–Crippen LogP) is 1.78. The van der Waals surface area contributed by atoms with E-state index in [0.717, 1.165) is 31.8 Å². The van der Waals surface area contributed by atoms with Crippen LogP contribution < -0.4 is 5.73 Å². The van der Waals surface area contributed by atoms with Crippen molar-refractivity contribution in [1.29, 1.82) is 5.41 Å². The Morgan fingerprint density at radius 2 is 2.29 bits per heavy atom. The molecule has 0 atom stereocenters. The fraction of sp³-hybridized carbons (Fsp3) is 0.500. The van der Waals surface area contributed by atoms with E-state index < -0.39 is 0 Å². The van der Waals surface area contributed by atoms with Gasteiger partial charge in [0.2, 0.25) is 0 Å². The van der Waals surface area contributed by atoms with Gasteiger partial charge >= 0.3 is 0 Å². The molecule has 0 aliphatic carbocycles. The summed E-state index contributed by atoms with van der Waals surface area (Å²) in [5.41, 5.74) is 7.17. The Bertz CT molecular complexity index is 391. The zero-order chi connectivity index (χ0) is 12.1. The Labute approximate surface area is 105 Å². The summed E-state index contributed by atoms with van der Waals surface area (Å²) in [5, 5.41) is 8.04. The summed E-state index contributed by atoms with van der Waals surface area (Å²) in [4.78, 5) is 4.05. The molecule has 0 unspecified atom stereocenters. The Morgan fingerprint density at radius 1 is 1.53 bits per heavy atom. The minimum absolute atomic E-state index is 0.0305. The van der Waals surface area contributed by atoms with Crippen molar-refractivity contribution in [3.63, 3.8) is 0 Å². The van der Waals surface area contributed by atoms with Gasteiger partial charge in [0, 0.05) is 30.4 Å². The lowest BCUT2D eigenvalue weighted by Crippen LogP contribution is -2.17. The number of aromatic nitrogens is 1. The lowest BCUT2D eigenvalue weighted by molar-refractivity contribution is 0.1000. The summed E-state index contributed by atoms with van der Waals surface area (Å²) in [7, 11) is 0. The van der Waals surface area contributed by atoms with E-state index in [1.807, 2.05) is 23.9 Å². The van der Waals surface area contributed by atoms with Gasteiger partial charge in [0.05, 0.1) is 0 Å². The zero-order valence-corrected chi connectivity index (χ0v) is 10.5. The van der Waals surface area contributed by atoms with Gasteiger partial charge in [-0.2, -0.15) is 11.8 Å². The maximum absolute atomic E-state index is 7.35. The largest absolute Gasteiger partial charge is 0.382 e. The Balaban J connectivity index is 1.89. The highest BCUT2D eigenvalue weighted by Crippen LogP contribution is 2.25. The number of nitrogen functional groups attached to an aromatic ring is 1. The lowest BCUT2D eigenvalue weighted by Gasteiger charge is -2.21. The van der Waals surface area contributed by atoms with Crippen molar-refractivity contribution in [2.75, 3.05) is 13.2 Å². The van der Waals surface area contributed by atoms with E-state index >= 15 is 0 Å². The Hall–Kier alpha value is -1.07. The maximum atomic E-state index is 7.35. The summed E-state index contributed by atoms with van der Waals surface area (Å²) >= 11 is 1.95. The first-order valence-corrected chi connectivity index (χ1v) is 6.79. The smallest absolute Gasteiger partial charge is 0.141 e. The van der Waals surface area contributed by atoms with Gasteiger partial charge in [0.15, 0.2) is 0 Å². The van der Waals surface area contributed by atoms with Gasteiger partial charge < -0.3 is 10.5 Å². The van der Waals surface area contributed by atoms with Crippen LogP contribution in [0.4, 0.5) is 0 Å². The molecule has 1 aliphatic rings. The number of nitrogens with one attached hydrogen (secondary N) is 1. The maximum Gasteiger partial charge on any atom is 0.141 e. The molecule has 1 aliphatic heterocycles. The second kappa shape index (κ2) is 6.02. The first-order valence-electron chi connectivity index (χ1n) is 5.74. The van der Waals surface area contributed by atoms with Crippen LogP contribution in [-0.4, -0.2) is 29.3 Å². The van der Waals surface area contributed by atoms with Crippen molar-refractivity contribution in [1.82, 2.24) is 4.98 Å². The van der Waals surface area contributed by atoms with E-state index in [9.17, 15) is 0 Å². The van der Waals surface area contributed by atoms with Gasteiger partial charge in [-0.15, -0.1) is 0 Å². The SMILES string of the molecule is N=C(N)c1cc(CSC2CCOCC2)ccn1. The number of hydrogen-bond donors (Lipinski definition) is 2. The molecule has 4 nitrogen and oxygen atoms in total. The molecule has 3 N–H and O–H groups in total. The Morgan fingerprint density at radius 3 is 3.00 bits per heavy atom. The third-order valence-electron chi connectivity index (χ3n) is 2.75. The number of amidine groups is 1. The van der Waals surface area contributed by atoms with Gasteiger partial charge in [-0.25, -0.2) is 0 Å². The van der Waals surface area contributed by atoms with Gasteiger partial charge in [-0.05, 0) is 30.5 Å². The van der Waals surface area contributed by atoms with E-state index in [0.29, 0.717) is 10.9 Å². The quantitative estimate of drug-likeness (QED) is 0.632. The summed E-state index contributed by atoms with van der Waals surface area (Å²) in [5.74, 6) is 0.982. The number of nitrogens with two attached hydrogens (primary N) is 1. The van der Waals surface area contributed by atoms with Gasteiger partial charge in [0.1, 0.15) is 11.5 Å². The average Bonchev–Trinajstić information content (AvgIpc) is 2.38. The van der Waals surface area contributed by atoms with Crippen LogP contribution >= 0.6 is 11.8 Å². The molecule has 0 bridgehead atoms.